The lowest BCUT2D eigenvalue weighted by Gasteiger charge is -2.14. The number of anilines is 1. The summed E-state index contributed by atoms with van der Waals surface area (Å²) in [5.41, 5.74) is 3.11. The Bertz CT molecular complexity index is 686. The highest BCUT2D eigenvalue weighted by Gasteiger charge is 2.11. The van der Waals surface area contributed by atoms with Gasteiger partial charge in [-0.3, -0.25) is 5.32 Å². The molecule has 0 unspecified atom stereocenters. The number of halogens is 1. The minimum atomic E-state index is -0.562. The van der Waals surface area contributed by atoms with Crippen molar-refractivity contribution in [1.29, 1.82) is 0 Å². The molecule has 5 heteroatoms. The summed E-state index contributed by atoms with van der Waals surface area (Å²) in [7, 11) is 1.29. The Kier molecular flexibility index (Phi) is 4.99. The van der Waals surface area contributed by atoms with Gasteiger partial charge in [0, 0.05) is 5.56 Å². The highest BCUT2D eigenvalue weighted by Crippen LogP contribution is 2.24. The highest BCUT2D eigenvalue weighted by atomic mass is 19.1. The fraction of sp³-hybridized carbons (Fsp3) is 0.235. The van der Waals surface area contributed by atoms with E-state index in [1.165, 1.54) is 13.2 Å². The zero-order valence-corrected chi connectivity index (χ0v) is 12.8. The van der Waals surface area contributed by atoms with Crippen LogP contribution >= 0.6 is 0 Å². The van der Waals surface area contributed by atoms with Gasteiger partial charge in [0.1, 0.15) is 6.61 Å². The molecule has 0 heterocycles. The van der Waals surface area contributed by atoms with Crippen molar-refractivity contribution in [3.63, 3.8) is 0 Å². The van der Waals surface area contributed by atoms with Gasteiger partial charge < -0.3 is 9.47 Å². The molecule has 116 valence electrons. The van der Waals surface area contributed by atoms with Crippen LogP contribution in [0, 0.1) is 19.7 Å². The van der Waals surface area contributed by atoms with Crippen molar-refractivity contribution < 1.29 is 18.7 Å². The zero-order chi connectivity index (χ0) is 16.1. The van der Waals surface area contributed by atoms with Crippen molar-refractivity contribution in [3.05, 3.63) is 58.9 Å². The van der Waals surface area contributed by atoms with E-state index in [0.717, 1.165) is 16.7 Å². The molecule has 0 radical (unpaired) electrons. The summed E-state index contributed by atoms with van der Waals surface area (Å²) < 4.78 is 23.9. The van der Waals surface area contributed by atoms with Crippen LogP contribution in [0.25, 0.3) is 0 Å². The molecular weight excluding hydrogens is 285 g/mol. The molecule has 2 aromatic rings. The Balaban J connectivity index is 2.19. The molecule has 4 nitrogen and oxygen atoms in total. The summed E-state index contributed by atoms with van der Waals surface area (Å²) in [4.78, 5) is 11.4. The largest absolute Gasteiger partial charge is 0.486 e. The van der Waals surface area contributed by atoms with Crippen molar-refractivity contribution in [1.82, 2.24) is 0 Å². The molecule has 1 N–H and O–H groups in total. The van der Waals surface area contributed by atoms with E-state index in [-0.39, 0.29) is 12.4 Å². The smallest absolute Gasteiger partial charge is 0.411 e. The summed E-state index contributed by atoms with van der Waals surface area (Å²) in [6, 6.07) is 10.2. The third kappa shape index (κ3) is 3.75. The Morgan fingerprint density at radius 2 is 2.00 bits per heavy atom. The summed E-state index contributed by atoms with van der Waals surface area (Å²) >= 11 is 0. The lowest BCUT2D eigenvalue weighted by Crippen LogP contribution is -2.14. The molecule has 2 rings (SSSR count). The molecule has 1 amide bonds. The lowest BCUT2D eigenvalue weighted by atomic mass is 10.1. The number of carbonyl (C=O) groups is 1. The Hall–Kier alpha value is -2.56. The zero-order valence-electron chi connectivity index (χ0n) is 12.8. The monoisotopic (exact) mass is 303 g/mol. The molecule has 0 aromatic heterocycles. The van der Waals surface area contributed by atoms with Gasteiger partial charge in [0.25, 0.3) is 0 Å². The second-order valence-corrected chi connectivity index (χ2v) is 4.94. The van der Waals surface area contributed by atoms with E-state index >= 15 is 0 Å². The first-order chi connectivity index (χ1) is 10.5. The molecule has 0 spiro atoms. The first-order valence-electron chi connectivity index (χ1n) is 6.83. The fourth-order valence-electron chi connectivity index (χ4n) is 2.04. The SMILES string of the molecule is COC(=O)Nc1cccc(C)c1COc1ccc(C)cc1F. The standard InChI is InChI=1S/C17H18FNO3/c1-11-7-8-16(14(18)9-11)22-10-13-12(2)5-4-6-15(13)19-17(20)21-3/h4-9H,10H2,1-3H3,(H,19,20). The summed E-state index contributed by atoms with van der Waals surface area (Å²) in [5.74, 6) is -0.228. The number of hydrogen-bond acceptors (Lipinski definition) is 3. The van der Waals surface area contributed by atoms with Crippen LogP contribution in [0.2, 0.25) is 0 Å². The molecule has 2 aromatic carbocycles. The number of amides is 1. The van der Waals surface area contributed by atoms with E-state index in [2.05, 4.69) is 10.1 Å². The van der Waals surface area contributed by atoms with Crippen LogP contribution in [-0.4, -0.2) is 13.2 Å². The number of hydrogen-bond donors (Lipinski definition) is 1. The van der Waals surface area contributed by atoms with E-state index in [9.17, 15) is 9.18 Å². The summed E-state index contributed by atoms with van der Waals surface area (Å²) in [5, 5.41) is 2.63. The van der Waals surface area contributed by atoms with E-state index in [1.54, 1.807) is 18.2 Å². The first-order valence-corrected chi connectivity index (χ1v) is 6.83. The van der Waals surface area contributed by atoms with Gasteiger partial charge in [0.15, 0.2) is 11.6 Å². The van der Waals surface area contributed by atoms with Crippen LogP contribution in [-0.2, 0) is 11.3 Å². The van der Waals surface area contributed by atoms with Gasteiger partial charge in [-0.2, -0.15) is 0 Å². The van der Waals surface area contributed by atoms with Gasteiger partial charge in [0.05, 0.1) is 12.8 Å². The van der Waals surface area contributed by atoms with E-state index in [1.807, 2.05) is 26.0 Å². The minimum absolute atomic E-state index is 0.145. The number of aryl methyl sites for hydroxylation is 2. The predicted octanol–water partition coefficient (Wildman–Crippen LogP) is 4.20. The number of methoxy groups -OCH3 is 1. The Labute approximate surface area is 128 Å². The molecule has 0 saturated heterocycles. The Morgan fingerprint density at radius 1 is 1.23 bits per heavy atom. The second kappa shape index (κ2) is 6.93. The molecule has 0 atom stereocenters. The number of ether oxygens (including phenoxy) is 2. The molecule has 22 heavy (non-hydrogen) atoms. The predicted molar refractivity (Wildman–Crippen MR) is 82.7 cm³/mol. The van der Waals surface area contributed by atoms with Crippen LogP contribution in [0.1, 0.15) is 16.7 Å². The maximum absolute atomic E-state index is 13.8. The van der Waals surface area contributed by atoms with Crippen LogP contribution in [0.5, 0.6) is 5.75 Å². The van der Waals surface area contributed by atoms with E-state index in [4.69, 9.17) is 4.74 Å². The minimum Gasteiger partial charge on any atom is -0.486 e. The number of rotatable bonds is 4. The third-order valence-corrected chi connectivity index (χ3v) is 3.29. The topological polar surface area (TPSA) is 47.6 Å². The fourth-order valence-corrected chi connectivity index (χ4v) is 2.04. The van der Waals surface area contributed by atoms with Gasteiger partial charge in [-0.1, -0.05) is 18.2 Å². The van der Waals surface area contributed by atoms with Gasteiger partial charge in [-0.15, -0.1) is 0 Å². The van der Waals surface area contributed by atoms with Crippen LogP contribution < -0.4 is 10.1 Å². The molecule has 0 bridgehead atoms. The number of nitrogens with one attached hydrogen (secondary N) is 1. The molecule has 0 aliphatic carbocycles. The molecular formula is C17H18FNO3. The average molecular weight is 303 g/mol. The highest BCUT2D eigenvalue weighted by molar-refractivity contribution is 5.85. The third-order valence-electron chi connectivity index (χ3n) is 3.29. The van der Waals surface area contributed by atoms with Crippen LogP contribution in [0.3, 0.4) is 0 Å². The van der Waals surface area contributed by atoms with Crippen molar-refractivity contribution in [2.75, 3.05) is 12.4 Å². The van der Waals surface area contributed by atoms with Crippen molar-refractivity contribution in [2.24, 2.45) is 0 Å². The van der Waals surface area contributed by atoms with Gasteiger partial charge in [0.2, 0.25) is 0 Å². The molecule has 0 saturated carbocycles. The molecule has 0 fully saturated rings. The van der Waals surface area contributed by atoms with Crippen molar-refractivity contribution in [3.8, 4) is 5.75 Å². The lowest BCUT2D eigenvalue weighted by molar-refractivity contribution is 0.187. The van der Waals surface area contributed by atoms with Crippen LogP contribution in [0.15, 0.2) is 36.4 Å². The van der Waals surface area contributed by atoms with E-state index in [0.29, 0.717) is 5.69 Å². The number of carbonyl (C=O) groups excluding carboxylic acids is 1. The normalized spacial score (nSPS) is 10.2. The van der Waals surface area contributed by atoms with E-state index < -0.39 is 11.9 Å². The van der Waals surface area contributed by atoms with Crippen molar-refractivity contribution >= 4 is 11.8 Å². The maximum atomic E-state index is 13.8. The Morgan fingerprint density at radius 3 is 2.68 bits per heavy atom. The van der Waals surface area contributed by atoms with Gasteiger partial charge >= 0.3 is 6.09 Å². The molecule has 0 aliphatic rings. The first kappa shape index (κ1) is 15.8. The second-order valence-electron chi connectivity index (χ2n) is 4.94. The van der Waals surface area contributed by atoms with Gasteiger partial charge in [-0.05, 0) is 43.2 Å². The summed E-state index contributed by atoms with van der Waals surface area (Å²) in [6.45, 7) is 3.85. The molecule has 0 aliphatic heterocycles. The van der Waals surface area contributed by atoms with Crippen molar-refractivity contribution in [2.45, 2.75) is 20.5 Å². The maximum Gasteiger partial charge on any atom is 0.411 e. The average Bonchev–Trinajstić information content (AvgIpc) is 2.48. The van der Waals surface area contributed by atoms with Crippen LogP contribution in [0.4, 0.5) is 14.9 Å². The summed E-state index contributed by atoms with van der Waals surface area (Å²) in [6.07, 6.45) is -0.562. The number of benzene rings is 2. The quantitative estimate of drug-likeness (QED) is 0.921. The van der Waals surface area contributed by atoms with Gasteiger partial charge in [-0.25, -0.2) is 9.18 Å².